The Morgan fingerprint density at radius 3 is 2.33 bits per heavy atom. The van der Waals surface area contributed by atoms with Crippen molar-refractivity contribution in [3.63, 3.8) is 0 Å². The maximum Gasteiger partial charge on any atom is 0.241 e. The molecule has 4 aliphatic carbocycles. The average Bonchev–Trinajstić information content (AvgIpc) is 2.59. The second kappa shape index (κ2) is 6.85. The van der Waals surface area contributed by atoms with Gasteiger partial charge in [0.25, 0.3) is 0 Å². The van der Waals surface area contributed by atoms with E-state index in [0.717, 1.165) is 23.8 Å². The van der Waals surface area contributed by atoms with Gasteiger partial charge < -0.3 is 5.32 Å². The summed E-state index contributed by atoms with van der Waals surface area (Å²) < 4.78 is 40.0. The fourth-order valence-corrected chi connectivity index (χ4v) is 7.04. The Balaban J connectivity index is 1.36. The third-order valence-electron chi connectivity index (χ3n) is 6.91. The molecular formula is C20H27FN2O3S. The molecule has 5 rings (SSSR count). The van der Waals surface area contributed by atoms with Crippen molar-refractivity contribution in [1.82, 2.24) is 10.0 Å². The first-order valence-corrected chi connectivity index (χ1v) is 11.3. The van der Waals surface area contributed by atoms with E-state index >= 15 is 0 Å². The highest BCUT2D eigenvalue weighted by Gasteiger charge is 2.53. The van der Waals surface area contributed by atoms with Gasteiger partial charge in [0, 0.05) is 6.04 Å². The van der Waals surface area contributed by atoms with Gasteiger partial charge in [-0.05, 0) is 86.8 Å². The molecule has 1 amide bonds. The van der Waals surface area contributed by atoms with Crippen molar-refractivity contribution in [3.8, 4) is 0 Å². The highest BCUT2D eigenvalue weighted by Crippen LogP contribution is 2.61. The van der Waals surface area contributed by atoms with Crippen molar-refractivity contribution in [3.05, 3.63) is 30.1 Å². The van der Waals surface area contributed by atoms with E-state index in [1.807, 2.05) is 0 Å². The van der Waals surface area contributed by atoms with E-state index in [1.165, 1.54) is 56.7 Å². The van der Waals surface area contributed by atoms with Crippen LogP contribution in [0.2, 0.25) is 0 Å². The summed E-state index contributed by atoms with van der Waals surface area (Å²) in [7, 11) is -3.91. The minimum atomic E-state index is -3.91. The van der Waals surface area contributed by atoms with E-state index in [9.17, 15) is 17.6 Å². The van der Waals surface area contributed by atoms with Crippen LogP contribution in [0, 0.1) is 29.0 Å². The average molecular weight is 395 g/mol. The van der Waals surface area contributed by atoms with E-state index in [4.69, 9.17) is 0 Å². The number of nitrogens with one attached hydrogen (secondary N) is 2. The Bertz CT molecular complexity index is 804. The number of amides is 1. The van der Waals surface area contributed by atoms with Crippen LogP contribution in [-0.4, -0.2) is 26.9 Å². The molecule has 7 heteroatoms. The molecule has 0 heterocycles. The zero-order valence-corrected chi connectivity index (χ0v) is 16.4. The van der Waals surface area contributed by atoms with Crippen LogP contribution in [0.5, 0.6) is 0 Å². The summed E-state index contributed by atoms with van der Waals surface area (Å²) in [5.74, 6) is 1.42. The van der Waals surface area contributed by atoms with Crippen LogP contribution >= 0.6 is 0 Å². The summed E-state index contributed by atoms with van der Waals surface area (Å²) in [6.07, 6.45) is 7.55. The largest absolute Gasteiger partial charge is 0.352 e. The number of hydrogen-bond acceptors (Lipinski definition) is 3. The minimum absolute atomic E-state index is 0.0390. The van der Waals surface area contributed by atoms with Crippen LogP contribution in [0.1, 0.15) is 45.4 Å². The Hall–Kier alpha value is -1.47. The van der Waals surface area contributed by atoms with Crippen LogP contribution in [-0.2, 0) is 14.8 Å². The van der Waals surface area contributed by atoms with Gasteiger partial charge in [0.1, 0.15) is 5.82 Å². The van der Waals surface area contributed by atoms with Gasteiger partial charge in [-0.2, -0.15) is 0 Å². The standard InChI is InChI=1S/C20H27FN2O3S/c1-13(20-9-14-5-15(10-20)7-16(6-14)11-20)23-19(24)12-22-27(25,26)18-4-2-3-17(21)8-18/h2-4,8,13-16,22H,5-7,9-12H2,1H3,(H,23,24)/t13-,14?,15?,16?,20?/m0/s1. The predicted molar refractivity (Wildman–Crippen MR) is 99.8 cm³/mol. The first-order chi connectivity index (χ1) is 12.8. The number of hydrogen-bond donors (Lipinski definition) is 2. The number of halogens is 1. The molecule has 0 unspecified atom stereocenters. The molecule has 1 aromatic rings. The Morgan fingerprint density at radius 1 is 1.19 bits per heavy atom. The van der Waals surface area contributed by atoms with Gasteiger partial charge in [-0.1, -0.05) is 6.07 Å². The molecule has 5 nitrogen and oxygen atoms in total. The molecule has 0 aromatic heterocycles. The molecule has 0 radical (unpaired) electrons. The minimum Gasteiger partial charge on any atom is -0.352 e. The Labute approximate surface area is 160 Å². The first kappa shape index (κ1) is 18.9. The van der Waals surface area contributed by atoms with Crippen molar-refractivity contribution in [2.45, 2.75) is 56.4 Å². The van der Waals surface area contributed by atoms with Crippen molar-refractivity contribution in [1.29, 1.82) is 0 Å². The summed E-state index contributed by atoms with van der Waals surface area (Å²) in [6.45, 7) is 1.72. The topological polar surface area (TPSA) is 75.3 Å². The SMILES string of the molecule is C[C@H](NC(=O)CNS(=O)(=O)c1cccc(F)c1)C12CC3CC(CC(C3)C1)C2. The fourth-order valence-electron chi connectivity index (χ4n) is 6.03. The molecule has 0 saturated heterocycles. The second-order valence-electron chi connectivity index (χ2n) is 8.85. The first-order valence-electron chi connectivity index (χ1n) is 9.80. The van der Waals surface area contributed by atoms with Gasteiger partial charge in [-0.25, -0.2) is 17.5 Å². The van der Waals surface area contributed by atoms with E-state index < -0.39 is 15.8 Å². The second-order valence-corrected chi connectivity index (χ2v) is 10.6. The highest BCUT2D eigenvalue weighted by molar-refractivity contribution is 7.89. The molecule has 1 atom stereocenters. The molecule has 4 bridgehead atoms. The quantitative estimate of drug-likeness (QED) is 0.779. The third kappa shape index (κ3) is 3.76. The van der Waals surface area contributed by atoms with Gasteiger partial charge in [-0.15, -0.1) is 0 Å². The molecule has 0 spiro atoms. The van der Waals surface area contributed by atoms with Crippen LogP contribution in [0.4, 0.5) is 4.39 Å². The maximum atomic E-state index is 13.3. The fraction of sp³-hybridized carbons (Fsp3) is 0.650. The summed E-state index contributed by atoms with van der Waals surface area (Å²) in [6, 6.07) is 4.80. The van der Waals surface area contributed by atoms with E-state index in [1.54, 1.807) is 0 Å². The number of benzene rings is 1. The van der Waals surface area contributed by atoms with Gasteiger partial charge in [-0.3, -0.25) is 4.79 Å². The van der Waals surface area contributed by atoms with E-state index in [-0.39, 0.29) is 28.8 Å². The van der Waals surface area contributed by atoms with Crippen LogP contribution in [0.25, 0.3) is 0 Å². The number of carbonyl (C=O) groups is 1. The molecule has 4 aliphatic rings. The van der Waals surface area contributed by atoms with Crippen molar-refractivity contribution in [2.75, 3.05) is 6.54 Å². The van der Waals surface area contributed by atoms with Gasteiger partial charge in [0.15, 0.2) is 0 Å². The third-order valence-corrected chi connectivity index (χ3v) is 8.31. The summed E-state index contributed by atoms with van der Waals surface area (Å²) in [5, 5.41) is 3.03. The number of sulfonamides is 1. The maximum absolute atomic E-state index is 13.3. The summed E-state index contributed by atoms with van der Waals surface area (Å²) >= 11 is 0. The molecule has 148 valence electrons. The lowest BCUT2D eigenvalue weighted by Gasteiger charge is -2.59. The molecule has 4 saturated carbocycles. The van der Waals surface area contributed by atoms with Crippen molar-refractivity contribution < 1.29 is 17.6 Å². The van der Waals surface area contributed by atoms with Crippen LogP contribution in [0.15, 0.2) is 29.2 Å². The Morgan fingerprint density at radius 2 is 1.78 bits per heavy atom. The molecule has 4 fully saturated rings. The lowest BCUT2D eigenvalue weighted by atomic mass is 9.48. The molecule has 2 N–H and O–H groups in total. The monoisotopic (exact) mass is 394 g/mol. The summed E-state index contributed by atoms with van der Waals surface area (Å²) in [5.41, 5.74) is 0.172. The Kier molecular flexibility index (Phi) is 4.79. The smallest absolute Gasteiger partial charge is 0.241 e. The molecular weight excluding hydrogens is 367 g/mol. The normalized spacial score (nSPS) is 33.0. The van der Waals surface area contributed by atoms with Gasteiger partial charge >= 0.3 is 0 Å². The predicted octanol–water partition coefficient (Wildman–Crippen LogP) is 2.83. The lowest BCUT2D eigenvalue weighted by molar-refractivity contribution is -0.124. The number of carbonyl (C=O) groups excluding carboxylic acids is 1. The number of rotatable bonds is 6. The zero-order chi connectivity index (χ0) is 19.2. The van der Waals surface area contributed by atoms with Gasteiger partial charge in [0.2, 0.25) is 15.9 Å². The lowest BCUT2D eigenvalue weighted by Crippen LogP contribution is -2.56. The van der Waals surface area contributed by atoms with Crippen molar-refractivity contribution >= 4 is 15.9 Å². The highest BCUT2D eigenvalue weighted by atomic mass is 32.2. The van der Waals surface area contributed by atoms with E-state index in [2.05, 4.69) is 17.0 Å². The molecule has 0 aliphatic heterocycles. The van der Waals surface area contributed by atoms with Crippen LogP contribution < -0.4 is 10.0 Å². The van der Waals surface area contributed by atoms with Crippen molar-refractivity contribution in [2.24, 2.45) is 23.2 Å². The van der Waals surface area contributed by atoms with Gasteiger partial charge in [0.05, 0.1) is 11.4 Å². The van der Waals surface area contributed by atoms with E-state index in [0.29, 0.717) is 0 Å². The summed E-state index contributed by atoms with van der Waals surface area (Å²) in [4.78, 5) is 12.2. The van der Waals surface area contributed by atoms with Crippen LogP contribution in [0.3, 0.4) is 0 Å². The zero-order valence-electron chi connectivity index (χ0n) is 15.6. The molecule has 27 heavy (non-hydrogen) atoms. The molecule has 1 aromatic carbocycles.